The van der Waals surface area contributed by atoms with Crippen LogP contribution < -0.4 is 4.74 Å². The molecule has 0 radical (unpaired) electrons. The Morgan fingerprint density at radius 2 is 1.90 bits per heavy atom. The third-order valence-electron chi connectivity index (χ3n) is 2.97. The molecule has 5 heteroatoms. The molecule has 0 aliphatic rings. The predicted octanol–water partition coefficient (Wildman–Crippen LogP) is 1.82. The molecule has 1 N–H and O–H groups in total. The number of para-hydroxylation sites is 1. The van der Waals surface area contributed by atoms with Gasteiger partial charge in [-0.25, -0.2) is 4.79 Å². The minimum absolute atomic E-state index is 0.0444. The molecule has 5 nitrogen and oxygen atoms in total. The molecule has 0 bridgehead atoms. The molecule has 1 rings (SSSR count). The van der Waals surface area contributed by atoms with Crippen LogP contribution in [-0.2, 0) is 19.7 Å². The fourth-order valence-corrected chi connectivity index (χ4v) is 1.84. The molecule has 0 spiro atoms. The van der Waals surface area contributed by atoms with Crippen molar-refractivity contribution in [3.05, 3.63) is 29.8 Å². The number of ether oxygens (including phenoxy) is 2. The SMILES string of the molecule is CC(=O)OCC(=O)Oc1ccccc1C(C)(C)CCO. The summed E-state index contributed by atoms with van der Waals surface area (Å²) >= 11 is 0. The number of esters is 2. The molecule has 0 saturated heterocycles. The number of hydrogen-bond donors (Lipinski definition) is 1. The molecule has 110 valence electrons. The quantitative estimate of drug-likeness (QED) is 0.635. The molecule has 1 aromatic rings. The van der Waals surface area contributed by atoms with Gasteiger partial charge in [-0.1, -0.05) is 32.0 Å². The summed E-state index contributed by atoms with van der Waals surface area (Å²) in [5.41, 5.74) is 0.498. The van der Waals surface area contributed by atoms with Gasteiger partial charge in [-0.2, -0.15) is 0 Å². The lowest BCUT2D eigenvalue weighted by molar-refractivity contribution is -0.152. The van der Waals surface area contributed by atoms with E-state index >= 15 is 0 Å². The van der Waals surface area contributed by atoms with Crippen molar-refractivity contribution in [1.29, 1.82) is 0 Å². The summed E-state index contributed by atoms with van der Waals surface area (Å²) in [4.78, 5) is 22.3. The Labute approximate surface area is 118 Å². The van der Waals surface area contributed by atoms with Gasteiger partial charge in [0.05, 0.1) is 0 Å². The molecule has 0 aliphatic heterocycles. The highest BCUT2D eigenvalue weighted by Gasteiger charge is 2.24. The van der Waals surface area contributed by atoms with E-state index in [-0.39, 0.29) is 12.0 Å². The minimum Gasteiger partial charge on any atom is -0.454 e. The van der Waals surface area contributed by atoms with Gasteiger partial charge in [-0.3, -0.25) is 4.79 Å². The second kappa shape index (κ2) is 7.05. The largest absolute Gasteiger partial charge is 0.454 e. The molecule has 1 aromatic carbocycles. The van der Waals surface area contributed by atoms with Gasteiger partial charge in [0.15, 0.2) is 6.61 Å². The summed E-state index contributed by atoms with van der Waals surface area (Å²) in [7, 11) is 0. The molecule has 0 atom stereocenters. The van der Waals surface area contributed by atoms with Crippen molar-refractivity contribution >= 4 is 11.9 Å². The second-order valence-corrected chi connectivity index (χ2v) is 5.11. The van der Waals surface area contributed by atoms with Crippen molar-refractivity contribution < 1.29 is 24.2 Å². The van der Waals surface area contributed by atoms with Crippen LogP contribution in [0.5, 0.6) is 5.75 Å². The van der Waals surface area contributed by atoms with E-state index in [0.29, 0.717) is 12.2 Å². The number of hydrogen-bond acceptors (Lipinski definition) is 5. The molecule has 0 unspecified atom stereocenters. The van der Waals surface area contributed by atoms with Gasteiger partial charge in [0.25, 0.3) is 0 Å². The highest BCUT2D eigenvalue weighted by molar-refractivity contribution is 5.77. The van der Waals surface area contributed by atoms with Gasteiger partial charge in [0.2, 0.25) is 0 Å². The van der Waals surface area contributed by atoms with E-state index in [2.05, 4.69) is 4.74 Å². The predicted molar refractivity (Wildman–Crippen MR) is 73.4 cm³/mol. The molecule has 20 heavy (non-hydrogen) atoms. The van der Waals surface area contributed by atoms with Crippen molar-refractivity contribution in [2.45, 2.75) is 32.6 Å². The van der Waals surface area contributed by atoms with Gasteiger partial charge in [-0.05, 0) is 17.9 Å². The zero-order valence-electron chi connectivity index (χ0n) is 12.0. The summed E-state index contributed by atoms with van der Waals surface area (Å²) < 4.78 is 9.83. The Kier molecular flexibility index (Phi) is 5.70. The lowest BCUT2D eigenvalue weighted by Crippen LogP contribution is -2.23. The molecule has 0 amide bonds. The van der Waals surface area contributed by atoms with Crippen molar-refractivity contribution in [3.63, 3.8) is 0 Å². The van der Waals surface area contributed by atoms with Gasteiger partial charge >= 0.3 is 11.9 Å². The number of benzene rings is 1. The van der Waals surface area contributed by atoms with Crippen LogP contribution in [0.2, 0.25) is 0 Å². The maximum absolute atomic E-state index is 11.6. The van der Waals surface area contributed by atoms with Gasteiger partial charge in [0.1, 0.15) is 5.75 Å². The smallest absolute Gasteiger partial charge is 0.349 e. The van der Waals surface area contributed by atoms with E-state index in [1.807, 2.05) is 26.0 Å². The molecule has 0 heterocycles. The second-order valence-electron chi connectivity index (χ2n) is 5.11. The van der Waals surface area contributed by atoms with Crippen LogP contribution in [0.4, 0.5) is 0 Å². The maximum Gasteiger partial charge on any atom is 0.349 e. The van der Waals surface area contributed by atoms with Crippen LogP contribution in [0.25, 0.3) is 0 Å². The van der Waals surface area contributed by atoms with E-state index in [1.54, 1.807) is 12.1 Å². The summed E-state index contributed by atoms with van der Waals surface area (Å²) in [6.07, 6.45) is 0.547. The summed E-state index contributed by atoms with van der Waals surface area (Å²) in [6.45, 7) is 4.78. The highest BCUT2D eigenvalue weighted by atomic mass is 16.6. The maximum atomic E-state index is 11.6. The molecule has 0 aliphatic carbocycles. The summed E-state index contributed by atoms with van der Waals surface area (Å²) in [5.74, 6) is -0.744. The van der Waals surface area contributed by atoms with E-state index in [4.69, 9.17) is 9.84 Å². The van der Waals surface area contributed by atoms with Crippen LogP contribution in [-0.4, -0.2) is 30.3 Å². The van der Waals surface area contributed by atoms with Gasteiger partial charge in [0, 0.05) is 19.1 Å². The lowest BCUT2D eigenvalue weighted by Gasteiger charge is -2.26. The number of carbonyl (C=O) groups is 2. The Morgan fingerprint density at radius 1 is 1.25 bits per heavy atom. The number of aliphatic hydroxyl groups is 1. The van der Waals surface area contributed by atoms with Crippen molar-refractivity contribution in [2.75, 3.05) is 13.2 Å². The first-order valence-electron chi connectivity index (χ1n) is 6.41. The summed E-state index contributed by atoms with van der Waals surface area (Å²) in [5, 5.41) is 9.12. The van der Waals surface area contributed by atoms with Crippen molar-refractivity contribution in [3.8, 4) is 5.75 Å². The number of carbonyl (C=O) groups excluding carboxylic acids is 2. The molecule has 0 fully saturated rings. The molecular weight excluding hydrogens is 260 g/mol. The third kappa shape index (κ3) is 4.66. The fourth-order valence-electron chi connectivity index (χ4n) is 1.84. The minimum atomic E-state index is -0.632. The Hall–Kier alpha value is -1.88. The Balaban J connectivity index is 2.85. The third-order valence-corrected chi connectivity index (χ3v) is 2.97. The first kappa shape index (κ1) is 16.2. The Morgan fingerprint density at radius 3 is 2.50 bits per heavy atom. The number of aliphatic hydroxyl groups excluding tert-OH is 1. The zero-order chi connectivity index (χ0) is 15.2. The molecular formula is C15H20O5. The zero-order valence-corrected chi connectivity index (χ0v) is 12.0. The average Bonchev–Trinajstić information content (AvgIpc) is 2.37. The van der Waals surface area contributed by atoms with Crippen LogP contribution in [0, 0.1) is 0 Å². The van der Waals surface area contributed by atoms with Crippen molar-refractivity contribution in [2.24, 2.45) is 0 Å². The average molecular weight is 280 g/mol. The fraction of sp³-hybridized carbons (Fsp3) is 0.467. The first-order valence-corrected chi connectivity index (χ1v) is 6.41. The van der Waals surface area contributed by atoms with Gasteiger partial charge in [-0.15, -0.1) is 0 Å². The summed E-state index contributed by atoms with van der Waals surface area (Å²) in [6, 6.07) is 7.13. The number of rotatable bonds is 6. The van der Waals surface area contributed by atoms with E-state index in [0.717, 1.165) is 5.56 Å². The monoisotopic (exact) mass is 280 g/mol. The van der Waals surface area contributed by atoms with E-state index < -0.39 is 18.5 Å². The van der Waals surface area contributed by atoms with E-state index in [9.17, 15) is 9.59 Å². The first-order chi connectivity index (χ1) is 9.36. The van der Waals surface area contributed by atoms with Crippen LogP contribution in [0.3, 0.4) is 0 Å². The topological polar surface area (TPSA) is 72.8 Å². The van der Waals surface area contributed by atoms with E-state index in [1.165, 1.54) is 6.92 Å². The van der Waals surface area contributed by atoms with Crippen LogP contribution in [0.1, 0.15) is 32.8 Å². The lowest BCUT2D eigenvalue weighted by atomic mass is 9.81. The normalized spacial score (nSPS) is 11.0. The molecule has 0 saturated carbocycles. The van der Waals surface area contributed by atoms with Crippen LogP contribution in [0.15, 0.2) is 24.3 Å². The highest BCUT2D eigenvalue weighted by Crippen LogP contribution is 2.34. The van der Waals surface area contributed by atoms with Crippen molar-refractivity contribution in [1.82, 2.24) is 0 Å². The van der Waals surface area contributed by atoms with Gasteiger partial charge < -0.3 is 14.6 Å². The standard InChI is InChI=1S/C15H20O5/c1-11(17)19-10-14(18)20-13-7-5-4-6-12(13)15(2,3)8-9-16/h4-7,16H,8-10H2,1-3H3. The Bertz CT molecular complexity index is 479. The van der Waals surface area contributed by atoms with Crippen LogP contribution >= 0.6 is 0 Å². The molecule has 0 aromatic heterocycles.